The van der Waals surface area contributed by atoms with Crippen LogP contribution < -0.4 is 11.1 Å². The third kappa shape index (κ3) is 9.76. The molecule has 0 rings (SSSR count). The van der Waals surface area contributed by atoms with Crippen molar-refractivity contribution in [2.24, 2.45) is 11.7 Å². The standard InChI is InChI=1S/C9H22N2O2/c1-8(2)6-13-7-9(12)5-11-4-3-10/h8-9,11-12H,3-7,10H2,1-2H3/t9-/m1/s1. The molecule has 0 spiro atoms. The molecule has 0 aliphatic heterocycles. The monoisotopic (exact) mass is 190 g/mol. The summed E-state index contributed by atoms with van der Waals surface area (Å²) in [6, 6.07) is 0. The molecule has 0 bridgehead atoms. The summed E-state index contributed by atoms with van der Waals surface area (Å²) in [5.41, 5.74) is 5.28. The Bertz CT molecular complexity index is 110. The number of rotatable bonds is 8. The molecular formula is C9H22N2O2. The first-order valence-electron chi connectivity index (χ1n) is 4.83. The van der Waals surface area contributed by atoms with Crippen molar-refractivity contribution in [2.75, 3.05) is 32.8 Å². The minimum Gasteiger partial charge on any atom is -0.389 e. The Kier molecular flexibility index (Phi) is 8.33. The molecule has 0 saturated heterocycles. The molecule has 4 nitrogen and oxygen atoms in total. The fourth-order valence-electron chi connectivity index (χ4n) is 0.869. The van der Waals surface area contributed by atoms with Crippen LogP contribution in [0.4, 0.5) is 0 Å². The number of aliphatic hydroxyl groups excluding tert-OH is 1. The fourth-order valence-corrected chi connectivity index (χ4v) is 0.869. The molecule has 0 aromatic carbocycles. The topological polar surface area (TPSA) is 67.5 Å². The maximum atomic E-state index is 9.36. The Hall–Kier alpha value is -0.160. The summed E-state index contributed by atoms with van der Waals surface area (Å²) in [6.45, 7) is 7.15. The zero-order chi connectivity index (χ0) is 10.1. The molecular weight excluding hydrogens is 168 g/mol. The molecule has 0 aromatic rings. The van der Waals surface area contributed by atoms with Gasteiger partial charge in [0.2, 0.25) is 0 Å². The predicted octanol–water partition coefficient (Wildman–Crippen LogP) is -0.432. The van der Waals surface area contributed by atoms with Crippen LogP contribution >= 0.6 is 0 Å². The van der Waals surface area contributed by atoms with Gasteiger partial charge in [0.25, 0.3) is 0 Å². The van der Waals surface area contributed by atoms with E-state index >= 15 is 0 Å². The molecule has 4 N–H and O–H groups in total. The molecule has 0 saturated carbocycles. The lowest BCUT2D eigenvalue weighted by molar-refractivity contribution is 0.0263. The molecule has 80 valence electrons. The molecule has 0 aliphatic carbocycles. The smallest absolute Gasteiger partial charge is 0.0897 e. The number of hydrogen-bond acceptors (Lipinski definition) is 4. The summed E-state index contributed by atoms with van der Waals surface area (Å²) in [6.07, 6.45) is -0.426. The van der Waals surface area contributed by atoms with E-state index in [4.69, 9.17) is 10.5 Å². The molecule has 0 radical (unpaired) electrons. The lowest BCUT2D eigenvalue weighted by Gasteiger charge is -2.12. The van der Waals surface area contributed by atoms with Gasteiger partial charge in [-0.25, -0.2) is 0 Å². The van der Waals surface area contributed by atoms with Gasteiger partial charge < -0.3 is 20.9 Å². The van der Waals surface area contributed by atoms with Crippen molar-refractivity contribution in [3.05, 3.63) is 0 Å². The number of aliphatic hydroxyl groups is 1. The largest absolute Gasteiger partial charge is 0.389 e. The lowest BCUT2D eigenvalue weighted by atomic mass is 10.2. The molecule has 0 aliphatic rings. The van der Waals surface area contributed by atoms with Crippen LogP contribution in [-0.2, 0) is 4.74 Å². The first-order chi connectivity index (χ1) is 6.16. The molecule has 0 aromatic heterocycles. The second-order valence-corrected chi connectivity index (χ2v) is 3.58. The second kappa shape index (κ2) is 8.44. The molecule has 0 fully saturated rings. The highest BCUT2D eigenvalue weighted by Crippen LogP contribution is 1.93. The van der Waals surface area contributed by atoms with Gasteiger partial charge in [0.05, 0.1) is 12.7 Å². The maximum Gasteiger partial charge on any atom is 0.0897 e. The Balaban J connectivity index is 3.15. The van der Waals surface area contributed by atoms with Crippen LogP contribution in [0.25, 0.3) is 0 Å². The number of nitrogens with one attached hydrogen (secondary N) is 1. The normalized spacial score (nSPS) is 13.6. The third-order valence-corrected chi connectivity index (χ3v) is 1.46. The van der Waals surface area contributed by atoms with Gasteiger partial charge in [-0.2, -0.15) is 0 Å². The van der Waals surface area contributed by atoms with Crippen LogP contribution in [-0.4, -0.2) is 44.1 Å². The van der Waals surface area contributed by atoms with E-state index in [9.17, 15) is 5.11 Å². The van der Waals surface area contributed by atoms with Gasteiger partial charge in [0.1, 0.15) is 0 Å². The van der Waals surface area contributed by atoms with E-state index in [2.05, 4.69) is 19.2 Å². The average molecular weight is 190 g/mol. The minimum atomic E-state index is -0.426. The van der Waals surface area contributed by atoms with Gasteiger partial charge in [-0.1, -0.05) is 13.8 Å². The highest BCUT2D eigenvalue weighted by molar-refractivity contribution is 4.58. The first kappa shape index (κ1) is 12.8. The Morgan fingerprint density at radius 3 is 2.62 bits per heavy atom. The van der Waals surface area contributed by atoms with Gasteiger partial charge in [0, 0.05) is 26.2 Å². The first-order valence-corrected chi connectivity index (χ1v) is 4.83. The van der Waals surface area contributed by atoms with Crippen LogP contribution in [0.5, 0.6) is 0 Å². The summed E-state index contributed by atoms with van der Waals surface area (Å²) in [5, 5.41) is 12.4. The third-order valence-electron chi connectivity index (χ3n) is 1.46. The van der Waals surface area contributed by atoms with Gasteiger partial charge in [-0.15, -0.1) is 0 Å². The van der Waals surface area contributed by atoms with E-state index in [1.807, 2.05) is 0 Å². The number of nitrogens with two attached hydrogens (primary N) is 1. The van der Waals surface area contributed by atoms with E-state index in [0.29, 0.717) is 32.2 Å². The summed E-state index contributed by atoms with van der Waals surface area (Å²) < 4.78 is 5.27. The van der Waals surface area contributed by atoms with Crippen molar-refractivity contribution in [2.45, 2.75) is 20.0 Å². The molecule has 0 amide bonds. The molecule has 0 unspecified atom stereocenters. The van der Waals surface area contributed by atoms with Crippen molar-refractivity contribution in [1.82, 2.24) is 5.32 Å². The maximum absolute atomic E-state index is 9.36. The van der Waals surface area contributed by atoms with E-state index in [1.54, 1.807) is 0 Å². The van der Waals surface area contributed by atoms with Crippen LogP contribution in [0.15, 0.2) is 0 Å². The van der Waals surface area contributed by atoms with Crippen LogP contribution in [0.2, 0.25) is 0 Å². The minimum absolute atomic E-state index is 0.399. The average Bonchev–Trinajstić information content (AvgIpc) is 2.04. The zero-order valence-electron chi connectivity index (χ0n) is 8.62. The molecule has 4 heteroatoms. The van der Waals surface area contributed by atoms with Gasteiger partial charge in [0.15, 0.2) is 0 Å². The van der Waals surface area contributed by atoms with E-state index in [1.165, 1.54) is 0 Å². The summed E-state index contributed by atoms with van der Waals surface area (Å²) >= 11 is 0. The predicted molar refractivity (Wildman–Crippen MR) is 53.6 cm³/mol. The molecule has 13 heavy (non-hydrogen) atoms. The van der Waals surface area contributed by atoms with E-state index in [0.717, 1.165) is 6.54 Å². The number of hydrogen-bond donors (Lipinski definition) is 3. The Labute approximate surface area is 80.5 Å². The van der Waals surface area contributed by atoms with Gasteiger partial charge in [-0.3, -0.25) is 0 Å². The van der Waals surface area contributed by atoms with Crippen molar-refractivity contribution in [1.29, 1.82) is 0 Å². The SMILES string of the molecule is CC(C)COC[C@H](O)CNCCN. The van der Waals surface area contributed by atoms with E-state index in [-0.39, 0.29) is 0 Å². The quantitative estimate of drug-likeness (QED) is 0.454. The Morgan fingerprint density at radius 1 is 1.38 bits per heavy atom. The van der Waals surface area contributed by atoms with Crippen LogP contribution in [0, 0.1) is 5.92 Å². The fraction of sp³-hybridized carbons (Fsp3) is 1.00. The highest BCUT2D eigenvalue weighted by atomic mass is 16.5. The summed E-state index contributed by atoms with van der Waals surface area (Å²) in [7, 11) is 0. The summed E-state index contributed by atoms with van der Waals surface area (Å²) in [4.78, 5) is 0. The molecule has 1 atom stereocenters. The summed E-state index contributed by atoms with van der Waals surface area (Å²) in [5.74, 6) is 0.518. The number of ether oxygens (including phenoxy) is 1. The second-order valence-electron chi connectivity index (χ2n) is 3.58. The van der Waals surface area contributed by atoms with Crippen molar-refractivity contribution < 1.29 is 9.84 Å². The molecule has 0 heterocycles. The van der Waals surface area contributed by atoms with Crippen LogP contribution in [0.3, 0.4) is 0 Å². The van der Waals surface area contributed by atoms with Gasteiger partial charge >= 0.3 is 0 Å². The highest BCUT2D eigenvalue weighted by Gasteiger charge is 2.03. The lowest BCUT2D eigenvalue weighted by Crippen LogP contribution is -2.33. The Morgan fingerprint density at radius 2 is 2.08 bits per heavy atom. The van der Waals surface area contributed by atoms with Crippen molar-refractivity contribution in [3.63, 3.8) is 0 Å². The van der Waals surface area contributed by atoms with Gasteiger partial charge in [-0.05, 0) is 5.92 Å². The zero-order valence-corrected chi connectivity index (χ0v) is 8.62. The van der Waals surface area contributed by atoms with Crippen molar-refractivity contribution >= 4 is 0 Å². The van der Waals surface area contributed by atoms with Crippen molar-refractivity contribution in [3.8, 4) is 0 Å². The van der Waals surface area contributed by atoms with Crippen LogP contribution in [0.1, 0.15) is 13.8 Å². The van der Waals surface area contributed by atoms with E-state index < -0.39 is 6.10 Å².